The van der Waals surface area contributed by atoms with Gasteiger partial charge in [-0.3, -0.25) is 9.20 Å². The van der Waals surface area contributed by atoms with Crippen LogP contribution in [0.2, 0.25) is 0 Å². The van der Waals surface area contributed by atoms with Crippen LogP contribution in [-0.2, 0) is 14.3 Å². The van der Waals surface area contributed by atoms with Crippen molar-refractivity contribution in [3.05, 3.63) is 47.4 Å². The number of nitrogens with zero attached hydrogens (tertiary/aromatic N) is 3. The molecule has 0 bridgehead atoms. The van der Waals surface area contributed by atoms with E-state index in [1.165, 1.54) is 42.0 Å². The number of aliphatic hydroxyl groups excluding tert-OH is 1. The minimum absolute atomic E-state index is 0.108. The monoisotopic (exact) mass is 573 g/mol. The van der Waals surface area contributed by atoms with E-state index in [1.807, 2.05) is 17.6 Å². The predicted octanol–water partition coefficient (Wildman–Crippen LogP) is 3.76. The Kier molecular flexibility index (Phi) is 7.08. The van der Waals surface area contributed by atoms with Gasteiger partial charge in [-0.15, -0.1) is 23.1 Å². The van der Waals surface area contributed by atoms with Gasteiger partial charge in [0.05, 0.1) is 36.7 Å². The summed E-state index contributed by atoms with van der Waals surface area (Å²) in [5, 5.41) is 21.5. The molecule has 0 radical (unpaired) electrons. The lowest BCUT2D eigenvalue weighted by molar-refractivity contribution is -0.167. The van der Waals surface area contributed by atoms with Gasteiger partial charge in [-0.25, -0.2) is 14.6 Å². The number of aliphatic hydroxyl groups is 1. The molecule has 2 aliphatic heterocycles. The number of rotatable bonds is 9. The zero-order valence-corrected chi connectivity index (χ0v) is 23.2. The Morgan fingerprint density at radius 2 is 2.05 bits per heavy atom. The van der Waals surface area contributed by atoms with Crippen molar-refractivity contribution in [2.45, 2.75) is 37.4 Å². The van der Waals surface area contributed by atoms with Gasteiger partial charge in [0, 0.05) is 23.3 Å². The predicted molar refractivity (Wildman–Crippen MR) is 143 cm³/mol. The third-order valence-electron chi connectivity index (χ3n) is 7.27. The second-order valence-electron chi connectivity index (χ2n) is 9.56. The Balaban J connectivity index is 1.46. The number of aliphatic carboxylic acids is 1. The standard InChI is InChI=1S/C26H27N3O8S2/c1-13(30)17-20-26(2,8-9-36-25(34)37-15-7-5-6-14(10-15)35-3)18(19(24(32)33)29(20)22(17)31)16-11-28-12-27-21(38-4)23(28)39-16/h5-7,10-13,17,20,30H,8-9H2,1-4H3,(H,32,33)/t13?,17-,20-,26+/m1/s1. The number of amides is 1. The molecule has 11 nitrogen and oxygen atoms in total. The summed E-state index contributed by atoms with van der Waals surface area (Å²) in [4.78, 5) is 45.2. The van der Waals surface area contributed by atoms with E-state index in [2.05, 4.69) is 4.98 Å². The van der Waals surface area contributed by atoms with Crippen LogP contribution in [0.15, 0.2) is 47.5 Å². The Labute approximate surface area is 232 Å². The Morgan fingerprint density at radius 3 is 2.72 bits per heavy atom. The summed E-state index contributed by atoms with van der Waals surface area (Å²) in [5.74, 6) is -1.71. The summed E-state index contributed by atoms with van der Waals surface area (Å²) in [6, 6.07) is 5.89. The molecule has 4 atom stereocenters. The van der Waals surface area contributed by atoms with Crippen molar-refractivity contribution in [3.63, 3.8) is 0 Å². The molecule has 13 heteroatoms. The number of imidazole rings is 1. The van der Waals surface area contributed by atoms with Crippen LogP contribution in [-0.4, -0.2) is 74.6 Å². The number of thiazole rings is 1. The van der Waals surface area contributed by atoms with Gasteiger partial charge < -0.3 is 29.3 Å². The van der Waals surface area contributed by atoms with E-state index in [9.17, 15) is 24.6 Å². The number of carbonyl (C=O) groups excluding carboxylic acids is 2. The van der Waals surface area contributed by atoms with E-state index in [-0.39, 0.29) is 24.5 Å². The number of aromatic nitrogens is 2. The summed E-state index contributed by atoms with van der Waals surface area (Å²) < 4.78 is 17.6. The number of ether oxygens (including phenoxy) is 3. The number of benzene rings is 1. The summed E-state index contributed by atoms with van der Waals surface area (Å²) >= 11 is 2.85. The van der Waals surface area contributed by atoms with Crippen molar-refractivity contribution in [3.8, 4) is 11.5 Å². The topological polar surface area (TPSA) is 140 Å². The molecule has 39 heavy (non-hydrogen) atoms. The molecule has 206 valence electrons. The molecule has 0 spiro atoms. The largest absolute Gasteiger partial charge is 0.513 e. The number of hydrogen-bond donors (Lipinski definition) is 2. The number of β-lactam (4-membered cyclic amide) rings is 1. The highest BCUT2D eigenvalue weighted by Gasteiger charge is 2.66. The molecule has 1 aromatic carbocycles. The fourth-order valence-electron chi connectivity index (χ4n) is 5.50. The van der Waals surface area contributed by atoms with Crippen molar-refractivity contribution in [2.75, 3.05) is 20.0 Å². The molecule has 2 aliphatic rings. The lowest BCUT2D eigenvalue weighted by Crippen LogP contribution is -2.66. The van der Waals surface area contributed by atoms with Gasteiger partial charge in [-0.2, -0.15) is 0 Å². The summed E-state index contributed by atoms with van der Waals surface area (Å²) in [7, 11) is 1.50. The first-order chi connectivity index (χ1) is 18.6. The smallest absolute Gasteiger partial charge is 0.497 e. The van der Waals surface area contributed by atoms with Gasteiger partial charge in [0.25, 0.3) is 0 Å². The van der Waals surface area contributed by atoms with Crippen LogP contribution in [0.25, 0.3) is 10.4 Å². The van der Waals surface area contributed by atoms with Gasteiger partial charge in [0.1, 0.15) is 33.4 Å². The number of fused-ring (bicyclic) bond motifs is 2. The van der Waals surface area contributed by atoms with Gasteiger partial charge in [0.2, 0.25) is 5.91 Å². The highest BCUT2D eigenvalue weighted by molar-refractivity contribution is 7.98. The zero-order valence-electron chi connectivity index (χ0n) is 21.6. The van der Waals surface area contributed by atoms with Crippen molar-refractivity contribution in [2.24, 2.45) is 11.3 Å². The minimum atomic E-state index is -1.24. The minimum Gasteiger partial charge on any atom is -0.497 e. The molecule has 3 aromatic rings. The first-order valence-corrected chi connectivity index (χ1v) is 14.1. The Bertz CT molecular complexity index is 1500. The van der Waals surface area contributed by atoms with Crippen LogP contribution in [0.3, 0.4) is 0 Å². The molecule has 5 rings (SSSR count). The van der Waals surface area contributed by atoms with Crippen molar-refractivity contribution < 1.29 is 38.8 Å². The van der Waals surface area contributed by atoms with Crippen LogP contribution < -0.4 is 9.47 Å². The molecule has 4 heterocycles. The molecule has 0 saturated carbocycles. The number of thioether (sulfide) groups is 1. The third kappa shape index (κ3) is 4.43. The van der Waals surface area contributed by atoms with E-state index in [1.54, 1.807) is 36.8 Å². The molecule has 1 saturated heterocycles. The number of carbonyl (C=O) groups is 3. The van der Waals surface area contributed by atoms with E-state index in [0.717, 1.165) is 9.86 Å². The molecule has 2 N–H and O–H groups in total. The first kappa shape index (κ1) is 27.0. The van der Waals surface area contributed by atoms with Crippen molar-refractivity contribution >= 4 is 51.5 Å². The summed E-state index contributed by atoms with van der Waals surface area (Å²) in [6.07, 6.45) is 3.63. The average molecular weight is 574 g/mol. The second kappa shape index (κ2) is 10.2. The fourth-order valence-corrected chi connectivity index (χ4v) is 7.46. The van der Waals surface area contributed by atoms with E-state index in [0.29, 0.717) is 16.2 Å². The van der Waals surface area contributed by atoms with Crippen LogP contribution in [0.4, 0.5) is 4.79 Å². The van der Waals surface area contributed by atoms with Crippen molar-refractivity contribution in [1.29, 1.82) is 0 Å². The third-order valence-corrected chi connectivity index (χ3v) is 9.21. The molecule has 1 unspecified atom stereocenters. The number of hydrogen-bond acceptors (Lipinski definition) is 10. The number of methoxy groups -OCH3 is 1. The van der Waals surface area contributed by atoms with E-state index in [4.69, 9.17) is 14.2 Å². The zero-order chi connectivity index (χ0) is 28.1. The normalized spacial score (nSPS) is 23.0. The Hall–Kier alpha value is -3.55. The number of carboxylic acids is 1. The van der Waals surface area contributed by atoms with Crippen LogP contribution >= 0.6 is 23.1 Å². The summed E-state index contributed by atoms with van der Waals surface area (Å²) in [6.45, 7) is 3.26. The molecule has 2 aromatic heterocycles. The van der Waals surface area contributed by atoms with E-state index >= 15 is 0 Å². The lowest BCUT2D eigenvalue weighted by atomic mass is 9.66. The SMILES string of the molecule is COc1cccc(OC(=O)OCC[C@@]2(C)C(c3cn4cnc(SC)c4s3)=C(C(=O)O)N3C(=O)[C@H](C(C)O)[C@@H]32)c1. The van der Waals surface area contributed by atoms with Crippen LogP contribution in [0, 0.1) is 11.3 Å². The summed E-state index contributed by atoms with van der Waals surface area (Å²) in [5.41, 5.74) is -0.608. The van der Waals surface area contributed by atoms with Gasteiger partial charge in [-0.05, 0) is 31.7 Å². The van der Waals surface area contributed by atoms with Crippen molar-refractivity contribution in [1.82, 2.24) is 14.3 Å². The van der Waals surface area contributed by atoms with Crippen LogP contribution in [0.1, 0.15) is 25.1 Å². The quantitative estimate of drug-likeness (QED) is 0.168. The van der Waals surface area contributed by atoms with E-state index < -0.39 is 41.5 Å². The highest BCUT2D eigenvalue weighted by atomic mass is 32.2. The lowest BCUT2D eigenvalue weighted by Gasteiger charge is -2.50. The number of carboxylic acid groups (broad SMARTS) is 1. The molecule has 1 fully saturated rings. The molecular weight excluding hydrogens is 546 g/mol. The second-order valence-corrected chi connectivity index (χ2v) is 11.4. The molecule has 0 aliphatic carbocycles. The fraction of sp³-hybridized carbons (Fsp3) is 0.385. The maximum Gasteiger partial charge on any atom is 0.513 e. The van der Waals surface area contributed by atoms with Gasteiger partial charge in [0.15, 0.2) is 0 Å². The molecular formula is C26H27N3O8S2. The average Bonchev–Trinajstić information content (AvgIpc) is 3.52. The highest BCUT2D eigenvalue weighted by Crippen LogP contribution is 2.60. The maximum atomic E-state index is 13.1. The van der Waals surface area contributed by atoms with Gasteiger partial charge >= 0.3 is 12.1 Å². The molecule has 1 amide bonds. The van der Waals surface area contributed by atoms with Gasteiger partial charge in [-0.1, -0.05) is 13.0 Å². The Morgan fingerprint density at radius 1 is 1.31 bits per heavy atom. The maximum absolute atomic E-state index is 13.1. The first-order valence-electron chi connectivity index (χ1n) is 12.1. The van der Waals surface area contributed by atoms with Crippen LogP contribution in [0.5, 0.6) is 11.5 Å².